The normalized spacial score (nSPS) is 14.2. The van der Waals surface area contributed by atoms with Crippen LogP contribution in [0.4, 0.5) is 5.95 Å². The molecule has 1 fully saturated rings. The van der Waals surface area contributed by atoms with Gasteiger partial charge in [-0.3, -0.25) is 9.36 Å². The molecule has 8 nitrogen and oxygen atoms in total. The van der Waals surface area contributed by atoms with Crippen LogP contribution in [0.2, 0.25) is 0 Å². The Bertz CT molecular complexity index is 892. The molecule has 1 N–H and O–H groups in total. The van der Waals surface area contributed by atoms with Gasteiger partial charge in [0.1, 0.15) is 5.76 Å². The summed E-state index contributed by atoms with van der Waals surface area (Å²) in [5.74, 6) is 1.65. The third-order valence-corrected chi connectivity index (χ3v) is 5.23. The fourth-order valence-corrected chi connectivity index (χ4v) is 3.68. The molecule has 0 spiro atoms. The molecule has 3 heterocycles. The largest absolute Gasteiger partial charge is 0.467 e. The van der Waals surface area contributed by atoms with E-state index in [0.29, 0.717) is 24.9 Å². The summed E-state index contributed by atoms with van der Waals surface area (Å²) in [7, 11) is 0. The fraction of sp³-hybridized carbons (Fsp3) is 0.316. The van der Waals surface area contributed by atoms with Gasteiger partial charge in [0, 0.05) is 13.1 Å². The Kier molecular flexibility index (Phi) is 5.93. The number of hydrogen-bond donors (Lipinski definition) is 1. The van der Waals surface area contributed by atoms with Crippen molar-refractivity contribution < 1.29 is 13.9 Å². The number of furan rings is 1. The van der Waals surface area contributed by atoms with E-state index in [0.717, 1.165) is 30.5 Å². The molecule has 0 bridgehead atoms. The maximum absolute atomic E-state index is 12.2. The lowest BCUT2D eigenvalue weighted by Crippen LogP contribution is -2.37. The Morgan fingerprint density at radius 1 is 1.11 bits per heavy atom. The summed E-state index contributed by atoms with van der Waals surface area (Å²) in [6.07, 6.45) is 1.59. The number of thioether (sulfide) groups is 1. The second kappa shape index (κ2) is 8.94. The smallest absolute Gasteiger partial charge is 0.232 e. The number of rotatable bonds is 7. The topological polar surface area (TPSA) is 85.4 Å². The van der Waals surface area contributed by atoms with E-state index in [9.17, 15) is 4.79 Å². The summed E-state index contributed by atoms with van der Waals surface area (Å²) in [4.78, 5) is 14.4. The first kappa shape index (κ1) is 18.6. The molecule has 0 radical (unpaired) electrons. The molecule has 4 rings (SSSR count). The molecule has 0 aliphatic carbocycles. The van der Waals surface area contributed by atoms with Crippen molar-refractivity contribution >= 4 is 23.6 Å². The molecule has 2 aromatic heterocycles. The van der Waals surface area contributed by atoms with Crippen LogP contribution in [0.1, 0.15) is 5.76 Å². The average molecular weight is 399 g/mol. The first-order valence-corrected chi connectivity index (χ1v) is 10.1. The molecule has 9 heteroatoms. The van der Waals surface area contributed by atoms with Gasteiger partial charge in [0.05, 0.1) is 37.5 Å². The van der Waals surface area contributed by atoms with Gasteiger partial charge < -0.3 is 19.4 Å². The lowest BCUT2D eigenvalue weighted by molar-refractivity contribution is -0.118. The van der Waals surface area contributed by atoms with Gasteiger partial charge in [-0.1, -0.05) is 30.0 Å². The molecule has 146 valence electrons. The van der Waals surface area contributed by atoms with Gasteiger partial charge in [-0.15, -0.1) is 10.2 Å². The zero-order valence-corrected chi connectivity index (χ0v) is 16.1. The van der Waals surface area contributed by atoms with E-state index in [1.54, 1.807) is 12.3 Å². The van der Waals surface area contributed by atoms with Crippen molar-refractivity contribution in [3.63, 3.8) is 0 Å². The fourth-order valence-electron chi connectivity index (χ4n) is 2.91. The molecule has 0 atom stereocenters. The third-order valence-electron chi connectivity index (χ3n) is 4.30. The number of hydrogen-bond acceptors (Lipinski definition) is 7. The van der Waals surface area contributed by atoms with E-state index >= 15 is 0 Å². The van der Waals surface area contributed by atoms with Crippen LogP contribution in [-0.2, 0) is 16.1 Å². The van der Waals surface area contributed by atoms with Crippen molar-refractivity contribution in [3.8, 4) is 5.69 Å². The van der Waals surface area contributed by atoms with Gasteiger partial charge in [0.2, 0.25) is 11.9 Å². The Balaban J connectivity index is 1.48. The molecular weight excluding hydrogens is 378 g/mol. The number of para-hydroxylation sites is 1. The number of carbonyl (C=O) groups is 1. The Hall–Kier alpha value is -2.78. The molecule has 1 aliphatic rings. The number of benzene rings is 1. The van der Waals surface area contributed by atoms with Gasteiger partial charge >= 0.3 is 0 Å². The highest BCUT2D eigenvalue weighted by molar-refractivity contribution is 7.99. The number of morpholine rings is 1. The Morgan fingerprint density at radius 3 is 2.68 bits per heavy atom. The van der Waals surface area contributed by atoms with Crippen molar-refractivity contribution in [1.82, 2.24) is 20.1 Å². The number of carbonyl (C=O) groups excluding carboxylic acids is 1. The summed E-state index contributed by atoms with van der Waals surface area (Å²) in [6.45, 7) is 3.23. The summed E-state index contributed by atoms with van der Waals surface area (Å²) >= 11 is 1.36. The van der Waals surface area contributed by atoms with Crippen LogP contribution in [0.3, 0.4) is 0 Å². The van der Waals surface area contributed by atoms with Crippen molar-refractivity contribution in [2.75, 3.05) is 37.0 Å². The number of nitrogens with one attached hydrogen (secondary N) is 1. The average Bonchev–Trinajstić information content (AvgIpc) is 3.42. The zero-order chi connectivity index (χ0) is 19.2. The highest BCUT2D eigenvalue weighted by Gasteiger charge is 2.22. The monoisotopic (exact) mass is 399 g/mol. The molecule has 0 saturated carbocycles. The molecule has 0 unspecified atom stereocenters. The molecule has 1 aliphatic heterocycles. The zero-order valence-electron chi connectivity index (χ0n) is 15.3. The molecule has 1 amide bonds. The minimum atomic E-state index is -0.0862. The number of anilines is 1. The molecule has 1 saturated heterocycles. The number of amides is 1. The maximum atomic E-state index is 12.2. The van der Waals surface area contributed by atoms with Crippen molar-refractivity contribution in [2.24, 2.45) is 0 Å². The first-order chi connectivity index (χ1) is 13.8. The molecule has 3 aromatic rings. The lowest BCUT2D eigenvalue weighted by atomic mass is 10.3. The van der Waals surface area contributed by atoms with Crippen LogP contribution >= 0.6 is 11.8 Å². The summed E-state index contributed by atoms with van der Waals surface area (Å²) in [5, 5.41) is 12.3. The van der Waals surface area contributed by atoms with Crippen LogP contribution in [0.5, 0.6) is 0 Å². The van der Waals surface area contributed by atoms with Crippen LogP contribution in [0.15, 0.2) is 58.3 Å². The first-order valence-electron chi connectivity index (χ1n) is 9.06. The summed E-state index contributed by atoms with van der Waals surface area (Å²) < 4.78 is 12.7. The van der Waals surface area contributed by atoms with Crippen molar-refractivity contribution in [1.29, 1.82) is 0 Å². The Morgan fingerprint density at radius 2 is 1.93 bits per heavy atom. The minimum absolute atomic E-state index is 0.0862. The predicted molar refractivity (Wildman–Crippen MR) is 106 cm³/mol. The molecule has 1 aromatic carbocycles. The second-order valence-corrected chi connectivity index (χ2v) is 7.14. The van der Waals surface area contributed by atoms with Gasteiger partial charge in [-0.05, 0) is 24.3 Å². The van der Waals surface area contributed by atoms with Crippen molar-refractivity contribution in [3.05, 3.63) is 54.5 Å². The molecule has 28 heavy (non-hydrogen) atoms. The number of ether oxygens (including phenoxy) is 1. The van der Waals surface area contributed by atoms with E-state index in [2.05, 4.69) is 20.4 Å². The van der Waals surface area contributed by atoms with Crippen LogP contribution < -0.4 is 10.2 Å². The van der Waals surface area contributed by atoms with E-state index < -0.39 is 0 Å². The van der Waals surface area contributed by atoms with Gasteiger partial charge in [-0.2, -0.15) is 0 Å². The van der Waals surface area contributed by atoms with Gasteiger partial charge in [0.15, 0.2) is 5.16 Å². The predicted octanol–water partition coefficient (Wildman–Crippen LogP) is 2.11. The number of nitrogens with zero attached hydrogens (tertiary/aromatic N) is 4. The maximum Gasteiger partial charge on any atom is 0.232 e. The highest BCUT2D eigenvalue weighted by Crippen LogP contribution is 2.27. The Labute approximate surface area is 166 Å². The highest BCUT2D eigenvalue weighted by atomic mass is 32.2. The standard InChI is InChI=1S/C19H21N5O3S/c25-17(20-13-16-7-4-10-27-16)14-28-19-22-21-18(23-8-11-26-12-9-23)24(19)15-5-2-1-3-6-15/h1-7,10H,8-9,11-14H2,(H,20,25). The minimum Gasteiger partial charge on any atom is -0.467 e. The van der Waals surface area contributed by atoms with Crippen LogP contribution in [0.25, 0.3) is 5.69 Å². The summed E-state index contributed by atoms with van der Waals surface area (Å²) in [6, 6.07) is 13.6. The van der Waals surface area contributed by atoms with Gasteiger partial charge in [0.25, 0.3) is 0 Å². The van der Waals surface area contributed by atoms with E-state index in [1.807, 2.05) is 41.0 Å². The molecular formula is C19H21N5O3S. The summed E-state index contributed by atoms with van der Waals surface area (Å²) in [5.41, 5.74) is 0.965. The van der Waals surface area contributed by atoms with Gasteiger partial charge in [-0.25, -0.2) is 0 Å². The van der Waals surface area contributed by atoms with Crippen LogP contribution in [-0.4, -0.2) is 52.7 Å². The van der Waals surface area contributed by atoms with E-state index in [4.69, 9.17) is 9.15 Å². The second-order valence-electron chi connectivity index (χ2n) is 6.20. The van der Waals surface area contributed by atoms with E-state index in [-0.39, 0.29) is 11.7 Å². The van der Waals surface area contributed by atoms with Crippen molar-refractivity contribution in [2.45, 2.75) is 11.7 Å². The van der Waals surface area contributed by atoms with E-state index in [1.165, 1.54) is 11.8 Å². The SMILES string of the molecule is O=C(CSc1nnc(N2CCOCC2)n1-c1ccccc1)NCc1ccco1. The number of aromatic nitrogens is 3. The van der Waals surface area contributed by atoms with Crippen LogP contribution in [0, 0.1) is 0 Å². The quantitative estimate of drug-likeness (QED) is 0.609. The third kappa shape index (κ3) is 4.37. The lowest BCUT2D eigenvalue weighted by Gasteiger charge is -2.27.